The smallest absolute Gasteiger partial charge is 0.213 e. The van der Waals surface area contributed by atoms with Gasteiger partial charge < -0.3 is 9.68 Å². The number of Topliss-reactive ketones (excluding diaryl/α,β-unsaturated/α-hetero) is 1. The number of ketones is 1. The van der Waals surface area contributed by atoms with Crippen LogP contribution in [0, 0.1) is 13.8 Å². The van der Waals surface area contributed by atoms with E-state index >= 15 is 0 Å². The van der Waals surface area contributed by atoms with Crippen LogP contribution in [-0.4, -0.2) is 40.4 Å². The van der Waals surface area contributed by atoms with E-state index < -0.39 is 0 Å². The van der Waals surface area contributed by atoms with Crippen molar-refractivity contribution < 1.29 is 14.5 Å². The van der Waals surface area contributed by atoms with E-state index in [2.05, 4.69) is 34.1 Å². The van der Waals surface area contributed by atoms with Gasteiger partial charge in [-0.3, -0.25) is 14.8 Å². The van der Waals surface area contributed by atoms with Crippen molar-refractivity contribution in [2.45, 2.75) is 48.0 Å². The molecule has 7 heteroatoms. The molecule has 29 heavy (non-hydrogen) atoms. The van der Waals surface area contributed by atoms with Crippen LogP contribution in [-0.2, 0) is 14.5 Å². The molecule has 0 N–H and O–H groups in total. The molecular weight excluding hydrogens is 368 g/mol. The summed E-state index contributed by atoms with van der Waals surface area (Å²) < 4.78 is 0. The molecule has 0 aliphatic carbocycles. The number of rotatable bonds is 8. The summed E-state index contributed by atoms with van der Waals surface area (Å²) in [4.78, 5) is 30.6. The number of carbonyl (C=O) groups is 1. The lowest BCUT2D eigenvalue weighted by Crippen LogP contribution is -2.14. The topological polar surface area (TPSA) is 86.0 Å². The van der Waals surface area contributed by atoms with Crippen molar-refractivity contribution in [3.63, 3.8) is 0 Å². The van der Waals surface area contributed by atoms with Crippen LogP contribution in [0.5, 0.6) is 0 Å². The van der Waals surface area contributed by atoms with E-state index in [0.717, 1.165) is 11.4 Å². The molecule has 2 heterocycles. The molecule has 0 fully saturated rings. The fraction of sp³-hybridized carbons (Fsp3) is 0.409. The zero-order valence-electron chi connectivity index (χ0n) is 18.1. The summed E-state index contributed by atoms with van der Waals surface area (Å²) in [5.74, 6) is -0.271. The number of pyridine rings is 2. The molecule has 0 saturated heterocycles. The van der Waals surface area contributed by atoms with Crippen LogP contribution in [0.3, 0.4) is 0 Å². The second-order valence-electron chi connectivity index (χ2n) is 6.47. The van der Waals surface area contributed by atoms with Gasteiger partial charge >= 0.3 is 0 Å². The lowest BCUT2D eigenvalue weighted by Gasteiger charge is -2.03. The third-order valence-electron chi connectivity index (χ3n) is 3.37. The van der Waals surface area contributed by atoms with E-state index in [9.17, 15) is 4.79 Å². The Morgan fingerprint density at radius 3 is 1.55 bits per heavy atom. The first-order chi connectivity index (χ1) is 13.9. The van der Waals surface area contributed by atoms with Crippen LogP contribution >= 0.6 is 0 Å². The Morgan fingerprint density at radius 2 is 1.21 bits per heavy atom. The van der Waals surface area contributed by atoms with Crippen LogP contribution in [0.4, 0.5) is 0 Å². The Balaban J connectivity index is 0.00000132. The second-order valence-corrected chi connectivity index (χ2v) is 6.47. The maximum Gasteiger partial charge on any atom is 0.213 e. The van der Waals surface area contributed by atoms with Gasteiger partial charge in [-0.2, -0.15) is 0 Å². The summed E-state index contributed by atoms with van der Waals surface area (Å²) in [6, 6.07) is 11.2. The van der Waals surface area contributed by atoms with E-state index in [1.54, 1.807) is 13.8 Å². The molecule has 2 aromatic rings. The molecule has 0 aromatic carbocycles. The number of nitrogens with zero attached hydrogens (tertiary/aromatic N) is 4. The Kier molecular flexibility index (Phi) is 10.9. The van der Waals surface area contributed by atoms with Crippen LogP contribution in [0.1, 0.15) is 56.9 Å². The maximum absolute atomic E-state index is 11.8. The second kappa shape index (κ2) is 13.1. The fourth-order valence-corrected chi connectivity index (χ4v) is 2.03. The summed E-state index contributed by atoms with van der Waals surface area (Å²) >= 11 is 0. The van der Waals surface area contributed by atoms with E-state index in [1.165, 1.54) is 6.42 Å². The van der Waals surface area contributed by atoms with Crippen LogP contribution in [0.25, 0.3) is 0 Å². The average molecular weight is 399 g/mol. The molecule has 7 nitrogen and oxygen atoms in total. The lowest BCUT2D eigenvalue weighted by atomic mass is 10.2. The SMILES string of the molecule is C/C(=N\OCC(=O)CO/N=C(\C)c1cccc(C)n1)c1cccc(C)n1.CCC. The predicted molar refractivity (Wildman–Crippen MR) is 115 cm³/mol. The first kappa shape index (κ1) is 23.9. The van der Waals surface area contributed by atoms with Crippen LogP contribution < -0.4 is 0 Å². The summed E-state index contributed by atoms with van der Waals surface area (Å²) in [6.07, 6.45) is 1.25. The van der Waals surface area contributed by atoms with Gasteiger partial charge in [0.25, 0.3) is 0 Å². The molecule has 0 amide bonds. The largest absolute Gasteiger partial charge is 0.387 e. The molecule has 156 valence electrons. The number of aryl methyl sites for hydroxylation is 2. The molecule has 0 radical (unpaired) electrons. The van der Waals surface area contributed by atoms with Crippen molar-refractivity contribution >= 4 is 17.2 Å². The van der Waals surface area contributed by atoms with E-state index in [-0.39, 0.29) is 19.0 Å². The van der Waals surface area contributed by atoms with Gasteiger partial charge in [0.05, 0.1) is 11.4 Å². The van der Waals surface area contributed by atoms with Gasteiger partial charge in [0, 0.05) is 11.4 Å². The van der Waals surface area contributed by atoms with Crippen molar-refractivity contribution in [3.05, 3.63) is 59.2 Å². The zero-order chi connectivity index (χ0) is 21.6. The molecule has 0 bridgehead atoms. The third kappa shape index (κ3) is 9.60. The van der Waals surface area contributed by atoms with Crippen molar-refractivity contribution in [1.29, 1.82) is 0 Å². The van der Waals surface area contributed by atoms with Crippen molar-refractivity contribution in [1.82, 2.24) is 9.97 Å². The number of aromatic nitrogens is 2. The number of carbonyl (C=O) groups excluding carboxylic acids is 1. The van der Waals surface area contributed by atoms with E-state index in [0.29, 0.717) is 22.8 Å². The first-order valence-electron chi connectivity index (χ1n) is 9.60. The summed E-state index contributed by atoms with van der Waals surface area (Å²) in [7, 11) is 0. The Bertz CT molecular complexity index is 780. The molecule has 0 aliphatic rings. The molecule has 0 unspecified atom stereocenters. The van der Waals surface area contributed by atoms with Gasteiger partial charge in [-0.25, -0.2) is 0 Å². The van der Waals surface area contributed by atoms with Crippen LogP contribution in [0.2, 0.25) is 0 Å². The summed E-state index contributed by atoms with van der Waals surface area (Å²) in [5.41, 5.74) is 4.39. The standard InChI is InChI=1S/C19H22N4O3.C3H8/c1-13-7-5-9-18(20-13)15(3)22-25-11-17(24)12-26-23-16(4)19-10-6-8-14(2)21-19;1-3-2/h5-10H,11-12H2,1-4H3;3H2,1-2H3/b22-15+,23-16+;. The van der Waals surface area contributed by atoms with Gasteiger partial charge in [0.15, 0.2) is 13.2 Å². The molecule has 2 aromatic heterocycles. The maximum atomic E-state index is 11.8. The number of hydrogen-bond acceptors (Lipinski definition) is 7. The van der Waals surface area contributed by atoms with E-state index in [1.807, 2.05) is 50.2 Å². The Morgan fingerprint density at radius 1 is 0.828 bits per heavy atom. The Hall–Kier alpha value is -3.09. The lowest BCUT2D eigenvalue weighted by molar-refractivity contribution is -0.128. The molecule has 2 rings (SSSR count). The monoisotopic (exact) mass is 398 g/mol. The zero-order valence-corrected chi connectivity index (χ0v) is 18.1. The van der Waals surface area contributed by atoms with Gasteiger partial charge in [-0.15, -0.1) is 0 Å². The molecular formula is C22H30N4O3. The average Bonchev–Trinajstić information content (AvgIpc) is 2.68. The first-order valence-corrected chi connectivity index (χ1v) is 9.60. The van der Waals surface area contributed by atoms with Crippen molar-refractivity contribution in [2.24, 2.45) is 10.3 Å². The van der Waals surface area contributed by atoms with Crippen LogP contribution in [0.15, 0.2) is 46.7 Å². The van der Waals surface area contributed by atoms with Gasteiger partial charge in [-0.05, 0) is 52.0 Å². The minimum absolute atomic E-state index is 0.194. The fourth-order valence-electron chi connectivity index (χ4n) is 2.03. The van der Waals surface area contributed by atoms with Gasteiger partial charge in [-0.1, -0.05) is 42.7 Å². The minimum atomic E-state index is -0.271. The highest BCUT2D eigenvalue weighted by Gasteiger charge is 2.06. The van der Waals surface area contributed by atoms with Gasteiger partial charge in [0.2, 0.25) is 5.78 Å². The predicted octanol–water partition coefficient (Wildman–Crippen LogP) is 4.26. The quantitative estimate of drug-likeness (QED) is 0.490. The molecule has 0 saturated carbocycles. The highest BCUT2D eigenvalue weighted by Crippen LogP contribution is 2.02. The van der Waals surface area contributed by atoms with Crippen molar-refractivity contribution in [3.8, 4) is 0 Å². The molecule has 0 spiro atoms. The van der Waals surface area contributed by atoms with Crippen molar-refractivity contribution in [2.75, 3.05) is 13.2 Å². The number of oxime groups is 2. The van der Waals surface area contributed by atoms with E-state index in [4.69, 9.17) is 9.68 Å². The van der Waals surface area contributed by atoms with Gasteiger partial charge in [0.1, 0.15) is 11.4 Å². The third-order valence-corrected chi connectivity index (χ3v) is 3.37. The Labute approximate surface area is 172 Å². The molecule has 0 aliphatic heterocycles. The molecule has 0 atom stereocenters. The summed E-state index contributed by atoms with van der Waals surface area (Å²) in [5, 5.41) is 7.82. The minimum Gasteiger partial charge on any atom is -0.387 e. The summed E-state index contributed by atoms with van der Waals surface area (Å²) in [6.45, 7) is 11.2. The normalized spacial score (nSPS) is 11.4. The highest BCUT2D eigenvalue weighted by molar-refractivity contribution is 5.97. The highest BCUT2D eigenvalue weighted by atomic mass is 16.6. The number of hydrogen-bond donors (Lipinski definition) is 0.